The lowest BCUT2D eigenvalue weighted by molar-refractivity contribution is 0.0690. The van der Waals surface area contributed by atoms with Crippen LogP contribution in [0.4, 0.5) is 10.6 Å². The maximum atomic E-state index is 11.1. The van der Waals surface area contributed by atoms with Gasteiger partial charge in [0.05, 0.1) is 0 Å². The minimum absolute atomic E-state index is 0.0703. The zero-order valence-corrected chi connectivity index (χ0v) is 7.74. The van der Waals surface area contributed by atoms with Crippen molar-refractivity contribution in [2.24, 2.45) is 0 Å². The van der Waals surface area contributed by atoms with E-state index < -0.39 is 5.97 Å². The summed E-state index contributed by atoms with van der Waals surface area (Å²) < 4.78 is 0. The molecule has 3 N–H and O–H groups in total. The van der Waals surface area contributed by atoms with Gasteiger partial charge in [0.1, 0.15) is 5.69 Å². The predicted molar refractivity (Wildman–Crippen MR) is 48.3 cm³/mol. The quantitative estimate of drug-likeness (QED) is 0.632. The number of nitrogens with zero attached hydrogens (tertiary/aromatic N) is 2. The highest BCUT2D eigenvalue weighted by Crippen LogP contribution is 2.05. The molecule has 14 heavy (non-hydrogen) atoms. The largest absolute Gasteiger partial charge is 0.477 e. The Hall–Kier alpha value is -2.05. The molecule has 0 aliphatic rings. The Morgan fingerprint density at radius 1 is 1.57 bits per heavy atom. The third-order valence-electron chi connectivity index (χ3n) is 1.45. The number of aromatic nitrogens is 2. The SMILES string of the molecule is CN(C)C(=O)Nc1cc(C(=O)O)[nH]n1. The van der Waals surface area contributed by atoms with Crippen LogP contribution in [0.1, 0.15) is 10.5 Å². The van der Waals surface area contributed by atoms with Gasteiger partial charge in [-0.05, 0) is 0 Å². The summed E-state index contributed by atoms with van der Waals surface area (Å²) in [6.07, 6.45) is 0. The molecular weight excluding hydrogens is 188 g/mol. The van der Waals surface area contributed by atoms with Crippen LogP contribution < -0.4 is 5.32 Å². The Kier molecular flexibility index (Phi) is 2.70. The second-order valence-corrected chi connectivity index (χ2v) is 2.80. The molecule has 0 aromatic carbocycles. The van der Waals surface area contributed by atoms with Crippen LogP contribution in [-0.2, 0) is 0 Å². The monoisotopic (exact) mass is 198 g/mol. The number of carboxylic acid groups (broad SMARTS) is 1. The first-order valence-corrected chi connectivity index (χ1v) is 3.77. The maximum absolute atomic E-state index is 11.1. The number of anilines is 1. The number of carbonyl (C=O) groups excluding carboxylic acids is 1. The number of carbonyl (C=O) groups is 2. The number of nitrogens with one attached hydrogen (secondary N) is 2. The van der Waals surface area contributed by atoms with Gasteiger partial charge in [-0.1, -0.05) is 0 Å². The Balaban J connectivity index is 2.69. The van der Waals surface area contributed by atoms with E-state index in [0.29, 0.717) is 0 Å². The second-order valence-electron chi connectivity index (χ2n) is 2.80. The number of H-pyrrole nitrogens is 1. The summed E-state index contributed by atoms with van der Waals surface area (Å²) in [4.78, 5) is 22.9. The fourth-order valence-corrected chi connectivity index (χ4v) is 0.717. The Labute approximate surface area is 79.7 Å². The molecule has 0 saturated heterocycles. The van der Waals surface area contributed by atoms with Crippen LogP contribution in [0, 0.1) is 0 Å². The first-order valence-electron chi connectivity index (χ1n) is 3.77. The van der Waals surface area contributed by atoms with Gasteiger partial charge in [0.25, 0.3) is 0 Å². The number of hydrogen-bond donors (Lipinski definition) is 3. The zero-order chi connectivity index (χ0) is 10.7. The van der Waals surface area contributed by atoms with Gasteiger partial charge in [-0.15, -0.1) is 0 Å². The summed E-state index contributed by atoms with van der Waals surface area (Å²) in [6, 6.07) is 0.873. The van der Waals surface area contributed by atoms with Crippen molar-refractivity contribution in [3.63, 3.8) is 0 Å². The number of aromatic amines is 1. The van der Waals surface area contributed by atoms with Crippen molar-refractivity contribution in [1.82, 2.24) is 15.1 Å². The number of rotatable bonds is 2. The predicted octanol–water partition coefficient (Wildman–Crippen LogP) is 0.201. The molecule has 0 aliphatic carbocycles. The van der Waals surface area contributed by atoms with E-state index in [1.165, 1.54) is 11.0 Å². The van der Waals surface area contributed by atoms with Crippen LogP contribution in [0.5, 0.6) is 0 Å². The van der Waals surface area contributed by atoms with Crippen LogP contribution in [0.25, 0.3) is 0 Å². The molecule has 0 bridgehead atoms. The standard InChI is InChI=1S/C7H10N4O3/c1-11(2)7(14)8-5-3-4(6(12)13)9-10-5/h3H,1-2H3,(H,12,13)(H2,8,9,10,14). The highest BCUT2D eigenvalue weighted by Gasteiger charge is 2.10. The number of urea groups is 1. The van der Waals surface area contributed by atoms with Gasteiger partial charge in [-0.3, -0.25) is 10.4 Å². The van der Waals surface area contributed by atoms with Crippen molar-refractivity contribution in [1.29, 1.82) is 0 Å². The first-order chi connectivity index (χ1) is 6.50. The number of amides is 2. The summed E-state index contributed by atoms with van der Waals surface area (Å²) in [5.41, 5.74) is -0.0703. The number of aromatic carboxylic acids is 1. The summed E-state index contributed by atoms with van der Waals surface area (Å²) >= 11 is 0. The molecule has 0 radical (unpaired) electrons. The van der Waals surface area contributed by atoms with Gasteiger partial charge in [-0.2, -0.15) is 5.10 Å². The Morgan fingerprint density at radius 2 is 2.21 bits per heavy atom. The molecule has 7 nitrogen and oxygen atoms in total. The van der Waals surface area contributed by atoms with E-state index in [9.17, 15) is 9.59 Å². The molecule has 0 atom stereocenters. The van der Waals surface area contributed by atoms with Crippen LogP contribution in [-0.4, -0.2) is 46.3 Å². The smallest absolute Gasteiger partial charge is 0.353 e. The summed E-state index contributed by atoms with van der Waals surface area (Å²) in [5.74, 6) is -0.941. The molecule has 1 heterocycles. The zero-order valence-electron chi connectivity index (χ0n) is 7.74. The lowest BCUT2D eigenvalue weighted by atomic mass is 10.4. The van der Waals surface area contributed by atoms with Crippen LogP contribution in [0.2, 0.25) is 0 Å². The van der Waals surface area contributed by atoms with E-state index in [4.69, 9.17) is 5.11 Å². The number of hydrogen-bond acceptors (Lipinski definition) is 3. The summed E-state index contributed by atoms with van der Waals surface area (Å²) in [5, 5.41) is 16.8. The molecule has 2 amide bonds. The molecule has 1 rings (SSSR count). The van der Waals surface area contributed by atoms with Crippen LogP contribution >= 0.6 is 0 Å². The fraction of sp³-hybridized carbons (Fsp3) is 0.286. The maximum Gasteiger partial charge on any atom is 0.353 e. The van der Waals surface area contributed by atoms with Gasteiger partial charge >= 0.3 is 12.0 Å². The van der Waals surface area contributed by atoms with Crippen molar-refractivity contribution in [3.05, 3.63) is 11.8 Å². The molecule has 1 aromatic rings. The molecule has 0 unspecified atom stereocenters. The average molecular weight is 198 g/mol. The molecule has 0 fully saturated rings. The molecule has 76 valence electrons. The van der Waals surface area contributed by atoms with E-state index in [0.717, 1.165) is 0 Å². The normalized spacial score (nSPS) is 9.57. The molecule has 0 aliphatic heterocycles. The van der Waals surface area contributed by atoms with E-state index in [1.54, 1.807) is 14.1 Å². The Morgan fingerprint density at radius 3 is 2.64 bits per heavy atom. The van der Waals surface area contributed by atoms with Crippen LogP contribution in [0.3, 0.4) is 0 Å². The topological polar surface area (TPSA) is 98.3 Å². The highest BCUT2D eigenvalue weighted by atomic mass is 16.4. The minimum Gasteiger partial charge on any atom is -0.477 e. The van der Waals surface area contributed by atoms with Gasteiger partial charge in [-0.25, -0.2) is 9.59 Å². The third kappa shape index (κ3) is 2.22. The first kappa shape index (κ1) is 10.0. The molecule has 0 spiro atoms. The molecule has 7 heteroatoms. The van der Waals surface area contributed by atoms with Crippen LogP contribution in [0.15, 0.2) is 6.07 Å². The minimum atomic E-state index is -1.12. The summed E-state index contributed by atoms with van der Waals surface area (Å²) in [7, 11) is 3.14. The molecule has 1 aromatic heterocycles. The lowest BCUT2D eigenvalue weighted by Crippen LogP contribution is -2.27. The Bertz CT molecular complexity index is 358. The third-order valence-corrected chi connectivity index (χ3v) is 1.45. The van der Waals surface area contributed by atoms with Crippen molar-refractivity contribution < 1.29 is 14.7 Å². The molecular formula is C7H10N4O3. The number of carboxylic acids is 1. The van der Waals surface area contributed by atoms with Crippen molar-refractivity contribution in [2.45, 2.75) is 0 Å². The summed E-state index contributed by atoms with van der Waals surface area (Å²) in [6.45, 7) is 0. The molecule has 0 saturated carbocycles. The van der Waals surface area contributed by atoms with Crippen molar-refractivity contribution >= 4 is 17.8 Å². The van der Waals surface area contributed by atoms with Gasteiger partial charge in [0.2, 0.25) is 0 Å². The van der Waals surface area contributed by atoms with E-state index in [-0.39, 0.29) is 17.5 Å². The highest BCUT2D eigenvalue weighted by molar-refractivity contribution is 5.91. The fourth-order valence-electron chi connectivity index (χ4n) is 0.717. The van der Waals surface area contributed by atoms with E-state index in [2.05, 4.69) is 15.5 Å². The van der Waals surface area contributed by atoms with Gasteiger partial charge < -0.3 is 10.0 Å². The van der Waals surface area contributed by atoms with E-state index >= 15 is 0 Å². The second kappa shape index (κ2) is 3.77. The van der Waals surface area contributed by atoms with Crippen molar-refractivity contribution in [3.8, 4) is 0 Å². The van der Waals surface area contributed by atoms with Gasteiger partial charge in [0, 0.05) is 20.2 Å². The van der Waals surface area contributed by atoms with Crippen molar-refractivity contribution in [2.75, 3.05) is 19.4 Å². The average Bonchev–Trinajstić information content (AvgIpc) is 2.52. The van der Waals surface area contributed by atoms with Gasteiger partial charge in [0.15, 0.2) is 5.82 Å². The lowest BCUT2D eigenvalue weighted by Gasteiger charge is -2.09. The van der Waals surface area contributed by atoms with E-state index in [1.807, 2.05) is 0 Å².